The smallest absolute Gasteiger partial charge is 0.264 e. The first-order valence-electron chi connectivity index (χ1n) is 5.24. The predicted molar refractivity (Wildman–Crippen MR) is 69.0 cm³/mol. The van der Waals surface area contributed by atoms with Crippen LogP contribution in [0.1, 0.15) is 16.1 Å². The van der Waals surface area contributed by atoms with Crippen molar-refractivity contribution in [2.24, 2.45) is 0 Å². The average molecular weight is 336 g/mol. The monoisotopic (exact) mass is 335 g/mol. The van der Waals surface area contributed by atoms with Crippen LogP contribution in [0.15, 0.2) is 15.9 Å². The van der Waals surface area contributed by atoms with Crippen LogP contribution >= 0.6 is 27.3 Å². The highest BCUT2D eigenvalue weighted by Gasteiger charge is 2.50. The standard InChI is InChI=1S/C10H10BrNO3S2/c11-6-1-9(16-4-6)10(13)12-3-8-2-7(12)5-17(8,14)15/h1,4,7-8H,2-3,5H2/t7-,8+/m0/s1. The molecule has 0 unspecified atom stereocenters. The molecule has 2 aliphatic rings. The van der Waals surface area contributed by atoms with Gasteiger partial charge in [0, 0.05) is 22.4 Å². The van der Waals surface area contributed by atoms with Crippen molar-refractivity contribution in [3.05, 3.63) is 20.8 Å². The van der Waals surface area contributed by atoms with Gasteiger partial charge in [-0.2, -0.15) is 0 Å². The highest BCUT2D eigenvalue weighted by molar-refractivity contribution is 9.10. The van der Waals surface area contributed by atoms with E-state index in [-0.39, 0.29) is 23.0 Å². The van der Waals surface area contributed by atoms with Crippen LogP contribution in [0.5, 0.6) is 0 Å². The molecule has 3 heterocycles. The molecule has 0 spiro atoms. The molecule has 1 aromatic heterocycles. The maximum Gasteiger partial charge on any atom is 0.264 e. The van der Waals surface area contributed by atoms with Crippen molar-refractivity contribution < 1.29 is 13.2 Å². The fraction of sp³-hybridized carbons (Fsp3) is 0.500. The molecule has 2 saturated heterocycles. The second kappa shape index (κ2) is 3.80. The van der Waals surface area contributed by atoms with Gasteiger partial charge in [0.2, 0.25) is 0 Å². The minimum absolute atomic E-state index is 0.0388. The predicted octanol–water partition coefficient (Wildman–Crippen LogP) is 1.52. The van der Waals surface area contributed by atoms with Gasteiger partial charge in [-0.25, -0.2) is 8.42 Å². The van der Waals surface area contributed by atoms with Gasteiger partial charge in [0.25, 0.3) is 5.91 Å². The van der Waals surface area contributed by atoms with Crippen LogP contribution in [0, 0.1) is 0 Å². The molecule has 7 heteroatoms. The second-order valence-corrected chi connectivity index (χ2v) is 8.58. The van der Waals surface area contributed by atoms with Gasteiger partial charge in [-0.1, -0.05) is 0 Å². The molecule has 1 amide bonds. The van der Waals surface area contributed by atoms with E-state index in [0.29, 0.717) is 17.8 Å². The van der Waals surface area contributed by atoms with Gasteiger partial charge in [-0.3, -0.25) is 4.79 Å². The lowest BCUT2D eigenvalue weighted by atomic mass is 10.2. The van der Waals surface area contributed by atoms with Crippen molar-refractivity contribution in [1.82, 2.24) is 4.90 Å². The molecule has 3 rings (SSSR count). The topological polar surface area (TPSA) is 54.5 Å². The number of fused-ring (bicyclic) bond motifs is 2. The molecular weight excluding hydrogens is 326 g/mol. The second-order valence-electron chi connectivity index (χ2n) is 4.43. The van der Waals surface area contributed by atoms with Crippen LogP contribution in [0.4, 0.5) is 0 Å². The summed E-state index contributed by atoms with van der Waals surface area (Å²) in [6.07, 6.45) is 0.612. The summed E-state index contributed by atoms with van der Waals surface area (Å²) in [6, 6.07) is 1.67. The lowest BCUT2D eigenvalue weighted by Gasteiger charge is -2.26. The Morgan fingerprint density at radius 2 is 2.29 bits per heavy atom. The summed E-state index contributed by atoms with van der Waals surface area (Å²) >= 11 is 4.70. The molecule has 2 fully saturated rings. The summed E-state index contributed by atoms with van der Waals surface area (Å²) in [7, 11) is -2.93. The first-order valence-corrected chi connectivity index (χ1v) is 8.63. The summed E-state index contributed by atoms with van der Waals surface area (Å²) in [5.41, 5.74) is 0. The Balaban J connectivity index is 1.83. The fourth-order valence-corrected chi connectivity index (χ4v) is 5.92. The maximum absolute atomic E-state index is 12.2. The van der Waals surface area contributed by atoms with Crippen LogP contribution in [0.25, 0.3) is 0 Å². The van der Waals surface area contributed by atoms with E-state index in [9.17, 15) is 13.2 Å². The van der Waals surface area contributed by atoms with Crippen LogP contribution in [0.2, 0.25) is 0 Å². The quantitative estimate of drug-likeness (QED) is 0.781. The molecule has 0 saturated carbocycles. The highest BCUT2D eigenvalue weighted by atomic mass is 79.9. The molecule has 2 bridgehead atoms. The Morgan fingerprint density at radius 3 is 2.76 bits per heavy atom. The van der Waals surface area contributed by atoms with Crippen LogP contribution < -0.4 is 0 Å². The summed E-state index contributed by atoms with van der Waals surface area (Å²) in [4.78, 5) is 14.6. The number of rotatable bonds is 1. The van der Waals surface area contributed by atoms with E-state index in [1.165, 1.54) is 11.3 Å². The third kappa shape index (κ3) is 1.84. The Hall–Kier alpha value is -0.400. The van der Waals surface area contributed by atoms with Crippen molar-refractivity contribution in [2.75, 3.05) is 12.3 Å². The zero-order chi connectivity index (χ0) is 12.2. The van der Waals surface area contributed by atoms with E-state index in [1.807, 2.05) is 5.38 Å². The lowest BCUT2D eigenvalue weighted by Crippen LogP contribution is -2.43. The van der Waals surface area contributed by atoms with Crippen molar-refractivity contribution in [3.8, 4) is 0 Å². The van der Waals surface area contributed by atoms with Gasteiger partial charge in [0.05, 0.1) is 15.9 Å². The number of carbonyl (C=O) groups is 1. The number of hydrogen-bond acceptors (Lipinski definition) is 4. The molecule has 0 N–H and O–H groups in total. The molecular formula is C10H10BrNO3S2. The Bertz CT molecular complexity index is 580. The van der Waals surface area contributed by atoms with Gasteiger partial charge in [0.15, 0.2) is 9.84 Å². The highest BCUT2D eigenvalue weighted by Crippen LogP contribution is 2.34. The summed E-state index contributed by atoms with van der Waals surface area (Å²) in [5.74, 6) is 0.0961. The molecule has 0 aromatic carbocycles. The van der Waals surface area contributed by atoms with E-state index in [2.05, 4.69) is 15.9 Å². The van der Waals surface area contributed by atoms with Crippen LogP contribution in [-0.4, -0.2) is 42.8 Å². The fourth-order valence-electron chi connectivity index (χ4n) is 2.51. The van der Waals surface area contributed by atoms with E-state index < -0.39 is 9.84 Å². The van der Waals surface area contributed by atoms with Crippen LogP contribution in [0.3, 0.4) is 0 Å². The molecule has 2 aliphatic heterocycles. The third-order valence-corrected chi connectivity index (χ3v) is 7.23. The zero-order valence-electron chi connectivity index (χ0n) is 8.80. The van der Waals surface area contributed by atoms with Crippen molar-refractivity contribution in [2.45, 2.75) is 17.7 Å². The maximum atomic E-state index is 12.2. The van der Waals surface area contributed by atoms with Gasteiger partial charge >= 0.3 is 0 Å². The lowest BCUT2D eigenvalue weighted by molar-refractivity contribution is 0.0751. The van der Waals surface area contributed by atoms with Gasteiger partial charge < -0.3 is 4.90 Å². The van der Waals surface area contributed by atoms with Gasteiger partial charge in [-0.15, -0.1) is 11.3 Å². The molecule has 1 aromatic rings. The molecule has 92 valence electrons. The van der Waals surface area contributed by atoms with E-state index in [4.69, 9.17) is 0 Å². The van der Waals surface area contributed by atoms with E-state index in [1.54, 1.807) is 11.0 Å². The Kier molecular flexibility index (Phi) is 2.61. The first kappa shape index (κ1) is 11.7. The summed E-state index contributed by atoms with van der Waals surface area (Å²) in [6.45, 7) is 0.362. The SMILES string of the molecule is O=C(c1cc(Br)cs1)N1C[C@H]2C[C@H]1CS2(=O)=O. The number of halogens is 1. The number of thiophene rings is 1. The minimum atomic E-state index is -2.93. The van der Waals surface area contributed by atoms with Gasteiger partial charge in [-0.05, 0) is 28.4 Å². The summed E-state index contributed by atoms with van der Waals surface area (Å²) < 4.78 is 24.1. The number of nitrogens with zero attached hydrogens (tertiary/aromatic N) is 1. The minimum Gasteiger partial charge on any atom is -0.333 e. The average Bonchev–Trinajstić information content (AvgIpc) is 2.89. The molecule has 0 aliphatic carbocycles. The molecule has 17 heavy (non-hydrogen) atoms. The van der Waals surface area contributed by atoms with Crippen molar-refractivity contribution in [1.29, 1.82) is 0 Å². The Labute approximate surface area is 112 Å². The van der Waals surface area contributed by atoms with E-state index in [0.717, 1.165) is 4.47 Å². The number of likely N-dealkylation sites (tertiary alicyclic amines) is 1. The number of sulfone groups is 1. The summed E-state index contributed by atoms with van der Waals surface area (Å²) in [5, 5.41) is 1.53. The largest absolute Gasteiger partial charge is 0.333 e. The molecule has 4 nitrogen and oxygen atoms in total. The van der Waals surface area contributed by atoms with E-state index >= 15 is 0 Å². The number of hydrogen-bond donors (Lipinski definition) is 0. The normalized spacial score (nSPS) is 29.8. The zero-order valence-corrected chi connectivity index (χ0v) is 12.0. The molecule has 0 radical (unpaired) electrons. The van der Waals surface area contributed by atoms with Crippen molar-refractivity contribution in [3.63, 3.8) is 0 Å². The first-order chi connectivity index (χ1) is 7.97. The molecule has 2 atom stereocenters. The third-order valence-electron chi connectivity index (χ3n) is 3.35. The Morgan fingerprint density at radius 1 is 1.53 bits per heavy atom. The van der Waals surface area contributed by atoms with Gasteiger partial charge in [0.1, 0.15) is 0 Å². The number of carbonyl (C=O) groups excluding carboxylic acids is 1. The van der Waals surface area contributed by atoms with Crippen molar-refractivity contribution >= 4 is 43.0 Å². The number of amides is 1. The van der Waals surface area contributed by atoms with Crippen LogP contribution in [-0.2, 0) is 9.84 Å².